The molecule has 0 spiro atoms. The summed E-state index contributed by atoms with van der Waals surface area (Å²) in [6.07, 6.45) is -4.26. The average Bonchev–Trinajstić information content (AvgIpc) is 3.04. The van der Waals surface area contributed by atoms with Gasteiger partial charge in [-0.3, -0.25) is 4.79 Å². The van der Waals surface area contributed by atoms with E-state index in [9.17, 15) is 20.1 Å². The highest BCUT2D eigenvalue weighted by Crippen LogP contribution is 2.21. The van der Waals surface area contributed by atoms with Crippen LogP contribution in [-0.2, 0) is 4.74 Å². The molecular weight excluding hydrogens is 342 g/mol. The number of aromatic nitrogens is 2. The van der Waals surface area contributed by atoms with Gasteiger partial charge in [0.2, 0.25) is 0 Å². The van der Waals surface area contributed by atoms with Crippen molar-refractivity contribution in [3.05, 3.63) is 47.8 Å². The summed E-state index contributed by atoms with van der Waals surface area (Å²) in [5.41, 5.74) is 1.61. The molecule has 9 heteroatoms. The second-order valence-electron chi connectivity index (χ2n) is 6.12. The minimum Gasteiger partial charge on any atom is -0.394 e. The monoisotopic (exact) mass is 363 g/mol. The number of rotatable bonds is 4. The summed E-state index contributed by atoms with van der Waals surface area (Å²) in [7, 11) is 0. The summed E-state index contributed by atoms with van der Waals surface area (Å²) in [6.45, 7) is 1.15. The maximum Gasteiger partial charge on any atom is 0.255 e. The number of carbonyl (C=O) groups excluding carboxylic acids is 1. The van der Waals surface area contributed by atoms with Crippen LogP contribution in [0.1, 0.15) is 16.1 Å². The predicted molar refractivity (Wildman–Crippen MR) is 89.5 cm³/mol. The number of nitrogens with zero attached hydrogens (tertiary/aromatic N) is 2. The fourth-order valence-electron chi connectivity index (χ4n) is 2.94. The Morgan fingerprint density at radius 2 is 1.92 bits per heavy atom. The van der Waals surface area contributed by atoms with Crippen LogP contribution in [0.5, 0.6) is 0 Å². The zero-order chi connectivity index (χ0) is 18.8. The molecule has 0 saturated carbocycles. The average molecular weight is 363 g/mol. The molecule has 1 amide bonds. The lowest BCUT2D eigenvalue weighted by atomic mass is 9.97. The Morgan fingerprint density at radius 3 is 2.58 bits per heavy atom. The second-order valence-corrected chi connectivity index (χ2v) is 6.12. The molecule has 0 radical (unpaired) electrons. The van der Waals surface area contributed by atoms with Crippen molar-refractivity contribution < 1.29 is 30.0 Å². The van der Waals surface area contributed by atoms with Crippen LogP contribution in [0.15, 0.2) is 36.5 Å². The molecule has 140 valence electrons. The van der Waals surface area contributed by atoms with E-state index in [-0.39, 0.29) is 5.56 Å². The standard InChI is InChI=1S/C17H21N3O6/c1-9-11(7-18-20(9)10-5-3-2-4-6-10)16(24)19-13-15(23)14(22)12(8-21)26-17(13)25/h2-7,12-15,17,21-23,25H,8H2,1H3,(H,19,24)/t12-,13?,14?,15-,17?/m1/s1. The summed E-state index contributed by atoms with van der Waals surface area (Å²) >= 11 is 0. The largest absolute Gasteiger partial charge is 0.394 e. The van der Waals surface area contributed by atoms with E-state index in [0.717, 1.165) is 5.69 Å². The summed E-state index contributed by atoms with van der Waals surface area (Å²) < 4.78 is 6.63. The fraction of sp³-hybridized carbons (Fsp3) is 0.412. The second kappa shape index (κ2) is 7.52. The molecule has 1 aliphatic rings. The van der Waals surface area contributed by atoms with Gasteiger partial charge in [-0.2, -0.15) is 5.10 Å². The first-order valence-corrected chi connectivity index (χ1v) is 8.15. The van der Waals surface area contributed by atoms with E-state index in [1.54, 1.807) is 11.6 Å². The van der Waals surface area contributed by atoms with Crippen LogP contribution in [0.25, 0.3) is 5.69 Å². The Labute approximate surface area is 149 Å². The molecule has 2 heterocycles. The number of nitrogens with one attached hydrogen (secondary N) is 1. The summed E-state index contributed by atoms with van der Waals surface area (Å²) in [5, 5.41) is 45.7. The Morgan fingerprint density at radius 1 is 1.23 bits per heavy atom. The smallest absolute Gasteiger partial charge is 0.255 e. The van der Waals surface area contributed by atoms with Crippen molar-refractivity contribution >= 4 is 5.91 Å². The number of aliphatic hydroxyl groups excluding tert-OH is 4. The van der Waals surface area contributed by atoms with Gasteiger partial charge >= 0.3 is 0 Å². The molecule has 1 aliphatic heterocycles. The zero-order valence-electron chi connectivity index (χ0n) is 14.1. The number of amides is 1. The number of hydrogen-bond acceptors (Lipinski definition) is 7. The molecule has 5 atom stereocenters. The van der Waals surface area contributed by atoms with Crippen molar-refractivity contribution in [1.82, 2.24) is 15.1 Å². The molecule has 9 nitrogen and oxygen atoms in total. The van der Waals surface area contributed by atoms with E-state index in [4.69, 9.17) is 9.84 Å². The third kappa shape index (κ3) is 3.35. The van der Waals surface area contributed by atoms with Crippen molar-refractivity contribution in [3.63, 3.8) is 0 Å². The van der Waals surface area contributed by atoms with Crippen molar-refractivity contribution in [3.8, 4) is 5.69 Å². The molecule has 5 N–H and O–H groups in total. The minimum absolute atomic E-state index is 0.257. The van der Waals surface area contributed by atoms with Gasteiger partial charge in [-0.15, -0.1) is 0 Å². The molecular formula is C17H21N3O6. The first kappa shape index (κ1) is 18.5. The van der Waals surface area contributed by atoms with Crippen molar-refractivity contribution in [2.24, 2.45) is 0 Å². The lowest BCUT2D eigenvalue weighted by molar-refractivity contribution is -0.252. The highest BCUT2D eigenvalue weighted by atomic mass is 16.6. The van der Waals surface area contributed by atoms with Crippen LogP contribution in [0.3, 0.4) is 0 Å². The lowest BCUT2D eigenvalue weighted by Crippen LogP contribution is -2.64. The maximum absolute atomic E-state index is 12.6. The quantitative estimate of drug-likeness (QED) is 0.456. The van der Waals surface area contributed by atoms with E-state index in [1.165, 1.54) is 6.20 Å². The van der Waals surface area contributed by atoms with Crippen LogP contribution >= 0.6 is 0 Å². The first-order chi connectivity index (χ1) is 12.4. The van der Waals surface area contributed by atoms with Gasteiger partial charge in [-0.05, 0) is 19.1 Å². The van der Waals surface area contributed by atoms with Gasteiger partial charge in [0.1, 0.15) is 24.4 Å². The van der Waals surface area contributed by atoms with Gasteiger partial charge in [-0.1, -0.05) is 18.2 Å². The van der Waals surface area contributed by atoms with Crippen LogP contribution in [0.2, 0.25) is 0 Å². The van der Waals surface area contributed by atoms with E-state index >= 15 is 0 Å². The highest BCUT2D eigenvalue weighted by Gasteiger charge is 2.44. The van der Waals surface area contributed by atoms with Gasteiger partial charge < -0.3 is 30.5 Å². The molecule has 2 aromatic rings. The van der Waals surface area contributed by atoms with Crippen molar-refractivity contribution in [2.45, 2.75) is 37.6 Å². The molecule has 3 unspecified atom stereocenters. The SMILES string of the molecule is Cc1c(C(=O)NC2C(O)O[C@H](CO)C(O)[C@@H]2O)cnn1-c1ccccc1. The third-order valence-electron chi connectivity index (χ3n) is 4.45. The number of benzene rings is 1. The molecule has 1 aromatic heterocycles. The maximum atomic E-state index is 12.6. The molecule has 3 rings (SSSR count). The first-order valence-electron chi connectivity index (χ1n) is 8.15. The Hall–Kier alpha value is -2.30. The van der Waals surface area contributed by atoms with Gasteiger partial charge in [-0.25, -0.2) is 4.68 Å². The lowest BCUT2D eigenvalue weighted by Gasteiger charge is -2.40. The van der Waals surface area contributed by atoms with E-state index in [2.05, 4.69) is 10.4 Å². The van der Waals surface area contributed by atoms with Crippen LogP contribution < -0.4 is 5.32 Å². The third-order valence-corrected chi connectivity index (χ3v) is 4.45. The van der Waals surface area contributed by atoms with Gasteiger partial charge in [0.25, 0.3) is 5.91 Å². The summed E-state index contributed by atoms with van der Waals surface area (Å²) in [4.78, 5) is 12.6. The van der Waals surface area contributed by atoms with E-state index < -0.39 is 43.2 Å². The van der Waals surface area contributed by atoms with Crippen molar-refractivity contribution in [1.29, 1.82) is 0 Å². The molecule has 1 aromatic carbocycles. The molecule has 26 heavy (non-hydrogen) atoms. The minimum atomic E-state index is -1.57. The molecule has 1 saturated heterocycles. The van der Waals surface area contributed by atoms with Gasteiger partial charge in [0.15, 0.2) is 6.29 Å². The zero-order valence-corrected chi connectivity index (χ0v) is 14.1. The Kier molecular flexibility index (Phi) is 5.35. The van der Waals surface area contributed by atoms with E-state index in [1.807, 2.05) is 30.3 Å². The molecule has 1 fully saturated rings. The fourth-order valence-corrected chi connectivity index (χ4v) is 2.94. The summed E-state index contributed by atoms with van der Waals surface area (Å²) in [5.74, 6) is -0.578. The van der Waals surface area contributed by atoms with Crippen LogP contribution in [-0.4, -0.2) is 73.4 Å². The summed E-state index contributed by atoms with van der Waals surface area (Å²) in [6, 6.07) is 8.00. The van der Waals surface area contributed by atoms with E-state index in [0.29, 0.717) is 5.69 Å². The molecule has 0 bridgehead atoms. The van der Waals surface area contributed by atoms with Gasteiger partial charge in [0, 0.05) is 0 Å². The number of carbonyl (C=O) groups is 1. The number of ether oxygens (including phenoxy) is 1. The highest BCUT2D eigenvalue weighted by molar-refractivity contribution is 5.95. The Balaban J connectivity index is 1.78. The van der Waals surface area contributed by atoms with Crippen LogP contribution in [0.4, 0.5) is 0 Å². The Bertz CT molecular complexity index is 765. The van der Waals surface area contributed by atoms with Gasteiger partial charge in [0.05, 0.1) is 29.7 Å². The number of aliphatic hydroxyl groups is 4. The number of para-hydroxylation sites is 1. The topological polar surface area (TPSA) is 137 Å². The van der Waals surface area contributed by atoms with Crippen molar-refractivity contribution in [2.75, 3.05) is 6.61 Å². The normalized spacial score (nSPS) is 28.7. The molecule has 0 aliphatic carbocycles. The van der Waals surface area contributed by atoms with Crippen LogP contribution in [0, 0.1) is 6.92 Å². The number of hydrogen-bond donors (Lipinski definition) is 5. The predicted octanol–water partition coefficient (Wildman–Crippen LogP) is -1.29.